The summed E-state index contributed by atoms with van der Waals surface area (Å²) < 4.78 is 59.5. The molecule has 21 nitrogen and oxygen atoms in total. The fourth-order valence-corrected chi connectivity index (χ4v) is 8.16. The number of fused-ring (bicyclic) bond motifs is 1. The van der Waals surface area contributed by atoms with Crippen LogP contribution < -0.4 is 5.73 Å². The van der Waals surface area contributed by atoms with E-state index in [0.717, 1.165) is 6.33 Å². The summed E-state index contributed by atoms with van der Waals surface area (Å²) in [5.74, 6) is -1.35. The van der Waals surface area contributed by atoms with Gasteiger partial charge >= 0.3 is 29.4 Å². The normalized spacial score (nSPS) is 20.8. The number of nitrogens with zero attached hydrogens (tertiary/aromatic N) is 5. The summed E-state index contributed by atoms with van der Waals surface area (Å²) in [6.45, 7) is 9.06. The molecule has 24 heteroatoms. The van der Waals surface area contributed by atoms with E-state index in [1.807, 2.05) is 0 Å². The fraction of sp³-hybridized carbons (Fsp3) is 0.367. The van der Waals surface area contributed by atoms with Gasteiger partial charge in [-0.25, -0.2) is 33.4 Å². The lowest BCUT2D eigenvalue weighted by Crippen LogP contribution is -2.38. The van der Waals surface area contributed by atoms with Crippen LogP contribution in [0, 0.1) is 0 Å². The van der Waals surface area contributed by atoms with E-state index < -0.39 is 60.6 Å². The zero-order chi connectivity index (χ0) is 39.8. The second-order valence-electron chi connectivity index (χ2n) is 11.3. The Bertz CT molecular complexity index is 2040. The maximum absolute atomic E-state index is 13.2. The van der Waals surface area contributed by atoms with Gasteiger partial charge in [0.25, 0.3) is 0 Å². The number of imidazole rings is 1. The van der Waals surface area contributed by atoms with Crippen molar-refractivity contribution >= 4 is 52.2 Å². The Morgan fingerprint density at radius 2 is 1.44 bits per heavy atom. The van der Waals surface area contributed by atoms with Gasteiger partial charge in [-0.2, -0.15) is 8.62 Å². The van der Waals surface area contributed by atoms with E-state index in [4.69, 9.17) is 25.0 Å². The summed E-state index contributed by atoms with van der Waals surface area (Å²) in [4.78, 5) is 77.0. The number of rotatable bonds is 15. The summed E-state index contributed by atoms with van der Waals surface area (Å²) in [5.41, 5.74) is 6.64. The number of nitrogens with two attached hydrogens (primary N) is 1. The molecule has 4 aromatic rings. The number of ether oxygens (including phenoxy) is 2. The Morgan fingerprint density at radius 3 is 2.02 bits per heavy atom. The molecule has 7 N–H and O–H groups in total. The summed E-state index contributed by atoms with van der Waals surface area (Å²) in [5, 5.41) is 11.2. The van der Waals surface area contributed by atoms with Gasteiger partial charge in [-0.3, -0.25) is 13.9 Å². The number of nitrogen functional groups attached to an aromatic ring is 1. The van der Waals surface area contributed by atoms with Crippen molar-refractivity contribution in [2.24, 2.45) is 0 Å². The summed E-state index contributed by atoms with van der Waals surface area (Å²) in [6, 6.07) is 13.7. The largest absolute Gasteiger partial charge is 0.490 e. The molecule has 0 saturated carbocycles. The molecule has 0 amide bonds. The molecule has 0 radical (unpaired) electrons. The minimum atomic E-state index is -5.84. The number of aliphatic hydroxyl groups is 1. The van der Waals surface area contributed by atoms with Crippen molar-refractivity contribution in [3.8, 4) is 0 Å². The van der Waals surface area contributed by atoms with E-state index in [0.29, 0.717) is 5.56 Å². The predicted octanol–water partition coefficient (Wildman–Crippen LogP) is 2.81. The lowest BCUT2D eigenvalue weighted by Gasteiger charge is -2.22. The molecule has 6 atom stereocenters. The van der Waals surface area contributed by atoms with Gasteiger partial charge in [0.05, 0.1) is 18.5 Å². The molecular formula is C30H39N6O15P3. The van der Waals surface area contributed by atoms with Crippen LogP contribution in [-0.2, 0) is 36.3 Å². The molecule has 0 bridgehead atoms. The van der Waals surface area contributed by atoms with E-state index in [1.54, 1.807) is 30.3 Å². The molecule has 3 heterocycles. The lowest BCUT2D eigenvalue weighted by atomic mass is 10.0. The smallest absolute Gasteiger partial charge is 0.453 e. The number of carbonyl (C=O) groups excluding carboxylic acids is 2. The highest BCUT2D eigenvalue weighted by Crippen LogP contribution is 2.66. The molecule has 1 saturated heterocycles. The Hall–Kier alpha value is -3.78. The first-order chi connectivity index (χ1) is 25.4. The number of ketones is 1. The number of hydrogen-bond acceptors (Lipinski definition) is 16. The van der Waals surface area contributed by atoms with Gasteiger partial charge in [0.15, 0.2) is 29.6 Å². The average molecular weight is 817 g/mol. The molecule has 3 unspecified atom stereocenters. The van der Waals surface area contributed by atoms with E-state index in [1.165, 1.54) is 54.8 Å². The van der Waals surface area contributed by atoms with E-state index in [2.05, 4.69) is 53.8 Å². The molecule has 1 fully saturated rings. The van der Waals surface area contributed by atoms with Crippen LogP contribution in [0.2, 0.25) is 0 Å². The first-order valence-corrected chi connectivity index (χ1v) is 20.6. The van der Waals surface area contributed by atoms with Crippen LogP contribution in [0.3, 0.4) is 0 Å². The number of esters is 1. The van der Waals surface area contributed by atoms with Crippen LogP contribution in [0.4, 0.5) is 5.82 Å². The fourth-order valence-electron chi connectivity index (χ4n) is 5.13. The number of anilines is 1. The van der Waals surface area contributed by atoms with E-state index >= 15 is 0 Å². The molecule has 5 rings (SSSR count). The number of aliphatic hydroxyl groups excluding tert-OH is 1. The summed E-state index contributed by atoms with van der Waals surface area (Å²) in [7, 11) is -17.1. The van der Waals surface area contributed by atoms with Crippen LogP contribution in [0.5, 0.6) is 0 Å². The third kappa shape index (κ3) is 11.4. The third-order valence-electron chi connectivity index (χ3n) is 7.79. The standard InChI is InChI=1S/C24H24N5O15P3.C6H15N/c25-21-17-22(27-11-26-21)29(12-28-17)23-19(31)20(16(41-23)10-40-46(36,37)44-47(38,39)43-45(33,34)35)42-24(32)15-8-6-14(7-9-15)18(30)13-4-2-1-3-5-13;1-4-7(5-2)6-3/h1-9,11-12,16,19-20,23,31H,10H2,(H,36,37)(H,38,39)(H2,25,26,27)(H2,33,34,35);4-6H2,1-3H3/t16-,19+,20?,23-;/m1./s1. The van der Waals surface area contributed by atoms with Gasteiger partial charge in [-0.1, -0.05) is 63.2 Å². The van der Waals surface area contributed by atoms with Crippen molar-refractivity contribution in [1.82, 2.24) is 24.4 Å². The molecule has 2 aromatic carbocycles. The number of carbonyl (C=O) groups is 2. The Balaban J connectivity index is 0.000000845. The van der Waals surface area contributed by atoms with Crippen molar-refractivity contribution in [3.05, 3.63) is 83.9 Å². The quantitative estimate of drug-likeness (QED) is 0.0571. The number of hydrogen-bond donors (Lipinski definition) is 6. The SMILES string of the molecule is CCN(CC)CC.Nc1ncnc2c1ncn2[C@@H]1O[C@H](COP(=O)(O)OP(=O)(O)OP(=O)(O)O)C(OC(=O)c2ccc(C(=O)c3ccccc3)cc2)[C@@H]1O. The highest BCUT2D eigenvalue weighted by molar-refractivity contribution is 7.66. The topological polar surface area (TPSA) is 306 Å². The van der Waals surface area contributed by atoms with Crippen LogP contribution in [0.1, 0.15) is 53.3 Å². The molecule has 1 aliphatic rings. The average Bonchev–Trinajstić information content (AvgIpc) is 3.68. The van der Waals surface area contributed by atoms with E-state index in [9.17, 15) is 38.2 Å². The van der Waals surface area contributed by atoms with Gasteiger partial charge in [0, 0.05) is 11.1 Å². The van der Waals surface area contributed by atoms with Crippen molar-refractivity contribution in [2.75, 3.05) is 32.0 Å². The number of benzene rings is 2. The minimum Gasteiger partial charge on any atom is -0.453 e. The van der Waals surface area contributed by atoms with E-state index in [-0.39, 0.29) is 33.9 Å². The van der Waals surface area contributed by atoms with Crippen molar-refractivity contribution in [1.29, 1.82) is 0 Å². The van der Waals surface area contributed by atoms with Gasteiger partial charge in [-0.15, -0.1) is 0 Å². The van der Waals surface area contributed by atoms with Gasteiger partial charge in [0.1, 0.15) is 24.1 Å². The van der Waals surface area contributed by atoms with Gasteiger partial charge < -0.3 is 44.8 Å². The maximum atomic E-state index is 13.2. The predicted molar refractivity (Wildman–Crippen MR) is 188 cm³/mol. The number of phosphoric ester groups is 1. The lowest BCUT2D eigenvalue weighted by molar-refractivity contribution is -0.0520. The Kier molecular flexibility index (Phi) is 14.5. The molecule has 0 spiro atoms. The van der Waals surface area contributed by atoms with Gasteiger partial charge in [0.2, 0.25) is 0 Å². The van der Waals surface area contributed by atoms with Crippen molar-refractivity contribution in [3.63, 3.8) is 0 Å². The maximum Gasteiger partial charge on any atom is 0.490 e. The first-order valence-electron chi connectivity index (χ1n) is 16.1. The second-order valence-corrected chi connectivity index (χ2v) is 15.7. The molecular weight excluding hydrogens is 777 g/mol. The van der Waals surface area contributed by atoms with Crippen LogP contribution >= 0.6 is 23.5 Å². The monoisotopic (exact) mass is 816 g/mol. The minimum absolute atomic E-state index is 0.0115. The van der Waals surface area contributed by atoms with Crippen molar-refractivity contribution in [2.45, 2.75) is 45.3 Å². The second kappa shape index (κ2) is 18.2. The number of phosphoric acid groups is 3. The molecule has 2 aromatic heterocycles. The summed E-state index contributed by atoms with van der Waals surface area (Å²) in [6.07, 6.45) is -4.15. The molecule has 1 aliphatic heterocycles. The van der Waals surface area contributed by atoms with Gasteiger partial charge in [-0.05, 0) is 31.8 Å². The van der Waals surface area contributed by atoms with Crippen LogP contribution in [-0.4, -0.2) is 105 Å². The van der Waals surface area contributed by atoms with Crippen molar-refractivity contribution < 1.29 is 70.6 Å². The Labute approximate surface area is 308 Å². The van der Waals surface area contributed by atoms with Crippen LogP contribution in [0.15, 0.2) is 67.3 Å². The highest BCUT2D eigenvalue weighted by Gasteiger charge is 2.49. The molecule has 294 valence electrons. The molecule has 0 aliphatic carbocycles. The highest BCUT2D eigenvalue weighted by atomic mass is 31.3. The zero-order valence-electron chi connectivity index (χ0n) is 29.0. The Morgan fingerprint density at radius 1 is 0.852 bits per heavy atom. The van der Waals surface area contributed by atoms with Crippen LogP contribution in [0.25, 0.3) is 11.2 Å². The first kappa shape index (κ1) is 43.0. The summed E-state index contributed by atoms with van der Waals surface area (Å²) >= 11 is 0. The zero-order valence-corrected chi connectivity index (χ0v) is 31.6. The third-order valence-corrected chi connectivity index (χ3v) is 11.6. The molecule has 54 heavy (non-hydrogen) atoms. The number of aromatic nitrogens is 4.